The van der Waals surface area contributed by atoms with Crippen LogP contribution >= 0.6 is 22.7 Å². The van der Waals surface area contributed by atoms with Crippen molar-refractivity contribution in [2.24, 2.45) is 0 Å². The number of nitrogens with zero attached hydrogens (tertiary/aromatic N) is 1. The molecule has 29 heavy (non-hydrogen) atoms. The number of benzene rings is 1. The lowest BCUT2D eigenvalue weighted by atomic mass is 10.0. The highest BCUT2D eigenvalue weighted by Crippen LogP contribution is 2.22. The van der Waals surface area contributed by atoms with E-state index in [1.165, 1.54) is 22.7 Å². The van der Waals surface area contributed by atoms with Gasteiger partial charge in [0.2, 0.25) is 15.8 Å². The predicted molar refractivity (Wildman–Crippen MR) is 119 cm³/mol. The lowest BCUT2D eigenvalue weighted by Gasteiger charge is -2.05. The number of hydrogen-bond acceptors (Lipinski definition) is 7. The summed E-state index contributed by atoms with van der Waals surface area (Å²) in [5.74, 6) is -0.00782. The highest BCUT2D eigenvalue weighted by Gasteiger charge is 2.15. The van der Waals surface area contributed by atoms with E-state index in [2.05, 4.69) is 15.0 Å². The largest absolute Gasteiger partial charge is 0.362 e. The first-order chi connectivity index (χ1) is 14.0. The number of carbonyl (C=O) groups is 1. The number of aryl methyl sites for hydroxylation is 1. The van der Waals surface area contributed by atoms with Crippen LogP contribution in [0.5, 0.6) is 0 Å². The quantitative estimate of drug-likeness (QED) is 0.336. The molecule has 2 N–H and O–H groups in total. The number of nitrogens with one attached hydrogen (secondary N) is 2. The average Bonchev–Trinajstić information content (AvgIpc) is 3.40. The fourth-order valence-corrected chi connectivity index (χ4v) is 5.64. The molecule has 0 atom stereocenters. The van der Waals surface area contributed by atoms with Crippen molar-refractivity contribution in [2.45, 2.75) is 31.1 Å². The van der Waals surface area contributed by atoms with Gasteiger partial charge >= 0.3 is 0 Å². The van der Waals surface area contributed by atoms with Gasteiger partial charge in [-0.05, 0) is 36.8 Å². The lowest BCUT2D eigenvalue weighted by Crippen LogP contribution is -2.24. The number of hydrogen-bond donors (Lipinski definition) is 2. The molecular weight excluding hydrogens is 426 g/mol. The van der Waals surface area contributed by atoms with Crippen LogP contribution in [0.1, 0.15) is 40.1 Å². The monoisotopic (exact) mass is 449 g/mol. The van der Waals surface area contributed by atoms with E-state index in [1.807, 2.05) is 31.2 Å². The standard InChI is InChI=1S/C20H23N3O3S3/c1-15-7-3-4-8-17(15)19(24)18-13-22-20(28-18)21-10-5-2-6-11-23-29(25,26)16-9-12-27-14-16/h3-4,7-9,12-14,23H,2,5-6,10-11H2,1H3,(H,21,22). The second kappa shape index (κ2) is 10.1. The zero-order valence-electron chi connectivity index (χ0n) is 16.1. The van der Waals surface area contributed by atoms with Crippen molar-refractivity contribution < 1.29 is 13.2 Å². The maximum absolute atomic E-state index is 12.6. The first kappa shape index (κ1) is 21.6. The molecule has 154 valence electrons. The second-order valence-electron chi connectivity index (χ2n) is 6.52. The number of ketones is 1. The number of carbonyl (C=O) groups excluding carboxylic acids is 1. The molecule has 0 amide bonds. The Morgan fingerprint density at radius 1 is 1.10 bits per heavy atom. The molecule has 2 heterocycles. The topological polar surface area (TPSA) is 88.2 Å². The van der Waals surface area contributed by atoms with Crippen molar-refractivity contribution >= 4 is 43.6 Å². The van der Waals surface area contributed by atoms with Crippen molar-refractivity contribution in [1.82, 2.24) is 9.71 Å². The Hall–Kier alpha value is -2.07. The van der Waals surface area contributed by atoms with Gasteiger partial charge in [0.25, 0.3) is 0 Å². The summed E-state index contributed by atoms with van der Waals surface area (Å²) in [4.78, 5) is 17.8. The summed E-state index contributed by atoms with van der Waals surface area (Å²) < 4.78 is 26.6. The van der Waals surface area contributed by atoms with Gasteiger partial charge in [0.05, 0.1) is 16.0 Å². The van der Waals surface area contributed by atoms with Crippen LogP contribution in [-0.4, -0.2) is 32.3 Å². The van der Waals surface area contributed by atoms with E-state index < -0.39 is 10.0 Å². The number of unbranched alkanes of at least 4 members (excludes halogenated alkanes) is 2. The fraction of sp³-hybridized carbons (Fsp3) is 0.300. The Kier molecular flexibility index (Phi) is 7.54. The summed E-state index contributed by atoms with van der Waals surface area (Å²) in [6.07, 6.45) is 4.15. The fourth-order valence-electron chi connectivity index (χ4n) is 2.74. The molecule has 3 aromatic rings. The minimum Gasteiger partial charge on any atom is -0.362 e. The van der Waals surface area contributed by atoms with Gasteiger partial charge in [0.15, 0.2) is 5.13 Å². The van der Waals surface area contributed by atoms with Gasteiger partial charge in [-0.1, -0.05) is 42.0 Å². The van der Waals surface area contributed by atoms with Crippen LogP contribution in [0.25, 0.3) is 0 Å². The molecule has 0 radical (unpaired) electrons. The van der Waals surface area contributed by atoms with Crippen LogP contribution < -0.4 is 10.0 Å². The predicted octanol–water partition coefficient (Wildman–Crippen LogP) is 4.30. The summed E-state index contributed by atoms with van der Waals surface area (Å²) in [6, 6.07) is 9.13. The number of aromatic nitrogens is 1. The molecule has 0 aliphatic carbocycles. The maximum Gasteiger partial charge on any atom is 0.241 e. The van der Waals surface area contributed by atoms with Gasteiger partial charge in [0, 0.05) is 24.0 Å². The number of thiophene rings is 1. The van der Waals surface area contributed by atoms with E-state index in [1.54, 1.807) is 23.0 Å². The van der Waals surface area contributed by atoms with Crippen molar-refractivity contribution in [3.05, 3.63) is 63.3 Å². The molecule has 0 saturated carbocycles. The van der Waals surface area contributed by atoms with E-state index in [9.17, 15) is 13.2 Å². The molecule has 0 bridgehead atoms. The third kappa shape index (κ3) is 5.96. The third-order valence-corrected chi connectivity index (χ3v) is 7.59. The molecule has 0 saturated heterocycles. The van der Waals surface area contributed by atoms with Gasteiger partial charge in [-0.25, -0.2) is 18.1 Å². The van der Waals surface area contributed by atoms with Crippen LogP contribution in [0.3, 0.4) is 0 Å². The number of sulfonamides is 1. The highest BCUT2D eigenvalue weighted by molar-refractivity contribution is 7.89. The Balaban J connectivity index is 1.36. The summed E-state index contributed by atoms with van der Waals surface area (Å²) in [5, 5.41) is 7.33. The first-order valence-corrected chi connectivity index (χ1v) is 12.5. The Morgan fingerprint density at radius 3 is 2.66 bits per heavy atom. The van der Waals surface area contributed by atoms with Crippen LogP contribution in [0, 0.1) is 6.92 Å². The maximum atomic E-state index is 12.6. The Bertz CT molecular complexity index is 1040. The van der Waals surface area contributed by atoms with Crippen LogP contribution in [-0.2, 0) is 10.0 Å². The van der Waals surface area contributed by atoms with E-state index in [4.69, 9.17) is 0 Å². The summed E-state index contributed by atoms with van der Waals surface area (Å²) in [6.45, 7) is 3.07. The third-order valence-electron chi connectivity index (χ3n) is 4.35. The molecular formula is C20H23N3O3S3. The van der Waals surface area contributed by atoms with Crippen molar-refractivity contribution in [3.63, 3.8) is 0 Å². The molecule has 0 spiro atoms. The molecule has 0 unspecified atom stereocenters. The van der Waals surface area contributed by atoms with Crippen LogP contribution in [0.4, 0.5) is 5.13 Å². The molecule has 0 aliphatic rings. The number of anilines is 1. The number of thiazole rings is 1. The average molecular weight is 450 g/mol. The van der Waals surface area contributed by atoms with Gasteiger partial charge in [-0.3, -0.25) is 4.79 Å². The smallest absolute Gasteiger partial charge is 0.241 e. The minimum absolute atomic E-state index is 0.00782. The van der Waals surface area contributed by atoms with E-state index in [-0.39, 0.29) is 5.78 Å². The molecule has 0 aliphatic heterocycles. The molecule has 2 aromatic heterocycles. The SMILES string of the molecule is Cc1ccccc1C(=O)c1cnc(NCCCCCNS(=O)(=O)c2ccsc2)s1. The van der Waals surface area contributed by atoms with Crippen molar-refractivity contribution in [3.8, 4) is 0 Å². The first-order valence-electron chi connectivity index (χ1n) is 9.29. The van der Waals surface area contributed by atoms with Crippen LogP contribution in [0.15, 0.2) is 52.2 Å². The summed E-state index contributed by atoms with van der Waals surface area (Å²) in [5.41, 5.74) is 1.66. The van der Waals surface area contributed by atoms with Crippen LogP contribution in [0.2, 0.25) is 0 Å². The van der Waals surface area contributed by atoms with Gasteiger partial charge in [0.1, 0.15) is 0 Å². The summed E-state index contributed by atoms with van der Waals surface area (Å²) in [7, 11) is -3.38. The highest BCUT2D eigenvalue weighted by atomic mass is 32.2. The Labute approximate surface area is 179 Å². The Morgan fingerprint density at radius 2 is 1.90 bits per heavy atom. The van der Waals surface area contributed by atoms with Crippen molar-refractivity contribution in [2.75, 3.05) is 18.4 Å². The molecule has 1 aromatic carbocycles. The zero-order chi connectivity index (χ0) is 20.7. The minimum atomic E-state index is -3.38. The molecule has 0 fully saturated rings. The lowest BCUT2D eigenvalue weighted by molar-refractivity contribution is 0.104. The van der Waals surface area contributed by atoms with Crippen molar-refractivity contribution in [1.29, 1.82) is 0 Å². The molecule has 6 nitrogen and oxygen atoms in total. The van der Waals surface area contributed by atoms with E-state index >= 15 is 0 Å². The van der Waals surface area contributed by atoms with Gasteiger partial charge in [-0.15, -0.1) is 0 Å². The number of rotatable bonds is 11. The molecule has 9 heteroatoms. The van der Waals surface area contributed by atoms with Gasteiger partial charge < -0.3 is 5.32 Å². The van der Waals surface area contributed by atoms with E-state index in [0.717, 1.165) is 36.5 Å². The zero-order valence-corrected chi connectivity index (χ0v) is 18.5. The normalized spacial score (nSPS) is 11.5. The summed E-state index contributed by atoms with van der Waals surface area (Å²) >= 11 is 2.72. The van der Waals surface area contributed by atoms with Gasteiger partial charge in [-0.2, -0.15) is 11.3 Å². The second-order valence-corrected chi connectivity index (χ2v) is 10.1. The molecule has 3 rings (SSSR count). The van der Waals surface area contributed by atoms with E-state index in [0.29, 0.717) is 21.9 Å².